The molecule has 0 amide bonds. The fourth-order valence-corrected chi connectivity index (χ4v) is 1.14. The lowest BCUT2D eigenvalue weighted by atomic mass is 10.3. The molecule has 0 unspecified atom stereocenters. The molecule has 0 aliphatic heterocycles. The maximum atomic E-state index is 4.98. The normalized spacial score (nSPS) is 9.12. The van der Waals surface area contributed by atoms with Crippen LogP contribution >= 0.6 is 15.9 Å². The van der Waals surface area contributed by atoms with Gasteiger partial charge in [0.15, 0.2) is 0 Å². The first-order chi connectivity index (χ1) is 8.24. The molecule has 1 rings (SSSR count). The van der Waals surface area contributed by atoms with Crippen LogP contribution in [0.3, 0.4) is 0 Å². The Hall–Kier alpha value is -0.840. The number of ether oxygens (including phenoxy) is 3. The Morgan fingerprint density at radius 3 is 2.29 bits per heavy atom. The van der Waals surface area contributed by atoms with Crippen molar-refractivity contribution in [2.45, 2.75) is 0 Å². The molecule has 4 heteroatoms. The first-order valence-electron chi connectivity index (χ1n) is 5.21. The van der Waals surface area contributed by atoms with Gasteiger partial charge >= 0.3 is 0 Å². The molecule has 1 aromatic rings. The van der Waals surface area contributed by atoms with Crippen molar-refractivity contribution in [3.63, 3.8) is 0 Å². The van der Waals surface area contributed by atoms with Crippen molar-refractivity contribution in [1.29, 1.82) is 0 Å². The van der Waals surface area contributed by atoms with Gasteiger partial charge in [0, 0.05) is 11.6 Å². The Bertz CT molecular complexity index is 285. The van der Waals surface area contributed by atoms with Gasteiger partial charge in [-0.1, -0.05) is 22.0 Å². The summed E-state index contributed by atoms with van der Waals surface area (Å²) in [6.45, 7) is 5.42. The topological polar surface area (TPSA) is 27.7 Å². The second-order valence-electron chi connectivity index (χ2n) is 3.01. The highest BCUT2D eigenvalue weighted by molar-refractivity contribution is 9.10. The highest BCUT2D eigenvalue weighted by Crippen LogP contribution is 2.14. The monoisotopic (exact) mass is 302 g/mol. The fraction of sp³-hybridized carbons (Fsp3) is 0.385. The lowest BCUT2D eigenvalue weighted by Gasteiger charge is -1.96. The van der Waals surface area contributed by atoms with Gasteiger partial charge in [-0.15, -0.1) is 6.58 Å². The smallest absolute Gasteiger partial charge is 0.118 e. The van der Waals surface area contributed by atoms with E-state index >= 15 is 0 Å². The fourth-order valence-electron chi connectivity index (χ4n) is 0.880. The zero-order valence-corrected chi connectivity index (χ0v) is 11.9. The SMILES string of the molecule is C=CCOCCOC.COc1ccc(Br)cc1. The van der Waals surface area contributed by atoms with Gasteiger partial charge in [0.05, 0.1) is 26.9 Å². The Kier molecular flexibility index (Phi) is 11.1. The molecule has 1 aromatic carbocycles. The van der Waals surface area contributed by atoms with Crippen molar-refractivity contribution in [3.8, 4) is 5.75 Å². The number of rotatable bonds is 6. The summed E-state index contributed by atoms with van der Waals surface area (Å²) in [5.74, 6) is 0.887. The van der Waals surface area contributed by atoms with Crippen molar-refractivity contribution < 1.29 is 14.2 Å². The lowest BCUT2D eigenvalue weighted by molar-refractivity contribution is 0.0854. The van der Waals surface area contributed by atoms with Crippen molar-refractivity contribution in [2.75, 3.05) is 34.0 Å². The molecule has 0 spiro atoms. The number of hydrogen-bond donors (Lipinski definition) is 0. The van der Waals surface area contributed by atoms with Gasteiger partial charge in [0.1, 0.15) is 5.75 Å². The molecule has 0 atom stereocenters. The predicted octanol–water partition coefficient (Wildman–Crippen LogP) is 3.29. The average Bonchev–Trinajstić information content (AvgIpc) is 2.37. The van der Waals surface area contributed by atoms with Gasteiger partial charge in [-0.3, -0.25) is 0 Å². The van der Waals surface area contributed by atoms with E-state index in [-0.39, 0.29) is 0 Å². The van der Waals surface area contributed by atoms with Crippen LogP contribution in [-0.4, -0.2) is 34.0 Å². The summed E-state index contributed by atoms with van der Waals surface area (Å²) in [6, 6.07) is 7.70. The van der Waals surface area contributed by atoms with Crippen molar-refractivity contribution in [3.05, 3.63) is 41.4 Å². The van der Waals surface area contributed by atoms with Crippen LogP contribution in [0.2, 0.25) is 0 Å². The molecule has 0 saturated carbocycles. The van der Waals surface area contributed by atoms with Crippen LogP contribution in [0, 0.1) is 0 Å². The number of methoxy groups -OCH3 is 2. The van der Waals surface area contributed by atoms with Gasteiger partial charge in [0.25, 0.3) is 0 Å². The molecule has 0 fully saturated rings. The zero-order valence-electron chi connectivity index (χ0n) is 10.3. The predicted molar refractivity (Wildman–Crippen MR) is 73.6 cm³/mol. The first-order valence-corrected chi connectivity index (χ1v) is 6.01. The van der Waals surface area contributed by atoms with E-state index in [0.717, 1.165) is 10.2 Å². The molecule has 0 aromatic heterocycles. The molecule has 17 heavy (non-hydrogen) atoms. The van der Waals surface area contributed by atoms with Crippen LogP contribution in [0.25, 0.3) is 0 Å². The summed E-state index contributed by atoms with van der Waals surface area (Å²) in [4.78, 5) is 0. The minimum Gasteiger partial charge on any atom is -0.497 e. The van der Waals surface area contributed by atoms with Crippen LogP contribution in [0.5, 0.6) is 5.75 Å². The molecule has 3 nitrogen and oxygen atoms in total. The zero-order chi connectivity index (χ0) is 12.9. The van der Waals surface area contributed by atoms with Gasteiger partial charge in [-0.2, -0.15) is 0 Å². The van der Waals surface area contributed by atoms with E-state index in [2.05, 4.69) is 22.5 Å². The van der Waals surface area contributed by atoms with E-state index in [9.17, 15) is 0 Å². The Labute approximate surface area is 112 Å². The second kappa shape index (κ2) is 11.6. The standard InChI is InChI=1S/C7H7BrO.C6H12O2/c1-9-7-4-2-6(8)3-5-7;1-3-4-8-6-5-7-2/h2-5H,1H3;3H,1,4-6H2,2H3. The average molecular weight is 303 g/mol. The second-order valence-corrected chi connectivity index (χ2v) is 3.93. The largest absolute Gasteiger partial charge is 0.497 e. The summed E-state index contributed by atoms with van der Waals surface area (Å²) < 4.78 is 15.7. The Balaban J connectivity index is 0.000000304. The van der Waals surface area contributed by atoms with Crippen molar-refractivity contribution >= 4 is 15.9 Å². The molecule has 0 saturated heterocycles. The van der Waals surface area contributed by atoms with E-state index < -0.39 is 0 Å². The molecular weight excluding hydrogens is 284 g/mol. The molecule has 0 aliphatic carbocycles. The van der Waals surface area contributed by atoms with Crippen LogP contribution < -0.4 is 4.74 Å². The molecule has 0 N–H and O–H groups in total. The summed E-state index contributed by atoms with van der Waals surface area (Å²) in [5, 5.41) is 0. The number of hydrogen-bond acceptors (Lipinski definition) is 3. The number of halogens is 1. The van der Waals surface area contributed by atoms with Gasteiger partial charge in [-0.25, -0.2) is 0 Å². The number of benzene rings is 1. The third-order valence-electron chi connectivity index (χ3n) is 1.72. The molecule has 0 heterocycles. The minimum atomic E-state index is 0.614. The van der Waals surface area contributed by atoms with Crippen LogP contribution in [0.4, 0.5) is 0 Å². The summed E-state index contributed by atoms with van der Waals surface area (Å²) in [5.41, 5.74) is 0. The van der Waals surface area contributed by atoms with Crippen LogP contribution in [0.1, 0.15) is 0 Å². The van der Waals surface area contributed by atoms with E-state index in [0.29, 0.717) is 19.8 Å². The van der Waals surface area contributed by atoms with Gasteiger partial charge < -0.3 is 14.2 Å². The third-order valence-corrected chi connectivity index (χ3v) is 2.25. The Morgan fingerprint density at radius 1 is 1.18 bits per heavy atom. The van der Waals surface area contributed by atoms with Crippen LogP contribution in [-0.2, 0) is 9.47 Å². The van der Waals surface area contributed by atoms with Crippen molar-refractivity contribution in [1.82, 2.24) is 0 Å². The van der Waals surface area contributed by atoms with E-state index in [1.807, 2.05) is 24.3 Å². The summed E-state index contributed by atoms with van der Waals surface area (Å²) in [6.07, 6.45) is 1.72. The third kappa shape index (κ3) is 10.1. The molecule has 96 valence electrons. The highest BCUT2D eigenvalue weighted by atomic mass is 79.9. The molecule has 0 radical (unpaired) electrons. The summed E-state index contributed by atoms with van der Waals surface area (Å²) >= 11 is 3.32. The van der Waals surface area contributed by atoms with Crippen molar-refractivity contribution in [2.24, 2.45) is 0 Å². The van der Waals surface area contributed by atoms with Gasteiger partial charge in [0.2, 0.25) is 0 Å². The Morgan fingerprint density at radius 2 is 1.82 bits per heavy atom. The molecule has 0 aliphatic rings. The molecular formula is C13H19BrO3. The lowest BCUT2D eigenvalue weighted by Crippen LogP contribution is -2.00. The quantitative estimate of drug-likeness (QED) is 0.596. The maximum Gasteiger partial charge on any atom is 0.118 e. The van der Waals surface area contributed by atoms with Crippen LogP contribution in [0.15, 0.2) is 41.4 Å². The maximum absolute atomic E-state index is 4.98. The minimum absolute atomic E-state index is 0.614. The van der Waals surface area contributed by atoms with E-state index in [1.54, 1.807) is 20.3 Å². The molecule has 0 bridgehead atoms. The summed E-state index contributed by atoms with van der Waals surface area (Å²) in [7, 11) is 3.31. The highest BCUT2D eigenvalue weighted by Gasteiger charge is 1.86. The van der Waals surface area contributed by atoms with Gasteiger partial charge in [-0.05, 0) is 24.3 Å². The van der Waals surface area contributed by atoms with E-state index in [1.165, 1.54) is 0 Å². The first kappa shape index (κ1) is 16.2. The van der Waals surface area contributed by atoms with E-state index in [4.69, 9.17) is 14.2 Å².